The van der Waals surface area contributed by atoms with Crippen LogP contribution in [0.25, 0.3) is 10.9 Å². The van der Waals surface area contributed by atoms with Crippen LogP contribution < -0.4 is 19.5 Å². The topological polar surface area (TPSA) is 185 Å². The number of nitrogens with one attached hydrogen (secondary N) is 2. The third-order valence-electron chi connectivity index (χ3n) is 12.4. The SMILES string of the molecule is Cc1nc2ccc(OC(F)(F)F)cc2c2c1O[C@]1(CC2)C[C@H]2C(=O)N[C@]3(C(=O)NS(=O)(=O)C4(C)CC4)C[C@H]3/C=C\CCCCC[C@H](N(CC(C)(C)C)C(=O)O)C(=O)N2C1. The van der Waals surface area contributed by atoms with Crippen molar-refractivity contribution in [3.8, 4) is 11.5 Å². The van der Waals surface area contributed by atoms with Crippen molar-refractivity contribution in [1.29, 1.82) is 0 Å². The summed E-state index contributed by atoms with van der Waals surface area (Å²) in [6.45, 7) is 8.70. The molecule has 59 heavy (non-hydrogen) atoms. The summed E-state index contributed by atoms with van der Waals surface area (Å²) in [4.78, 5) is 63.7. The number of carboxylic acid groups (broad SMARTS) is 1. The first-order valence-corrected chi connectivity index (χ1v) is 21.7. The first-order valence-electron chi connectivity index (χ1n) is 20.2. The number of rotatable bonds is 6. The molecule has 1 aromatic carbocycles. The van der Waals surface area contributed by atoms with E-state index in [4.69, 9.17) is 4.74 Å². The molecule has 1 spiro atoms. The molecule has 322 valence electrons. The van der Waals surface area contributed by atoms with Gasteiger partial charge in [-0.3, -0.25) is 24.0 Å². The van der Waals surface area contributed by atoms with Gasteiger partial charge in [0.05, 0.1) is 22.5 Å². The molecule has 1 aromatic heterocycles. The monoisotopic (exact) mass is 847 g/mol. The van der Waals surface area contributed by atoms with Crippen LogP contribution in [0.2, 0.25) is 0 Å². The number of halogens is 3. The molecule has 3 fully saturated rings. The Balaban J connectivity index is 1.27. The predicted molar refractivity (Wildman–Crippen MR) is 209 cm³/mol. The van der Waals surface area contributed by atoms with Crippen LogP contribution in [0.3, 0.4) is 0 Å². The Kier molecular flexibility index (Phi) is 10.7. The lowest BCUT2D eigenvalue weighted by atomic mass is 9.87. The highest BCUT2D eigenvalue weighted by Crippen LogP contribution is 2.49. The molecule has 4 heterocycles. The van der Waals surface area contributed by atoms with E-state index in [0.29, 0.717) is 66.4 Å². The van der Waals surface area contributed by atoms with Gasteiger partial charge in [-0.2, -0.15) is 0 Å². The van der Waals surface area contributed by atoms with Crippen LogP contribution in [-0.2, 0) is 30.8 Å². The van der Waals surface area contributed by atoms with E-state index >= 15 is 4.79 Å². The largest absolute Gasteiger partial charge is 0.573 e. The Morgan fingerprint density at radius 3 is 2.51 bits per heavy atom. The number of benzene rings is 1. The Morgan fingerprint density at radius 1 is 1.12 bits per heavy atom. The summed E-state index contributed by atoms with van der Waals surface area (Å²) in [6.07, 6.45) is 1.54. The fourth-order valence-corrected chi connectivity index (χ4v) is 10.1. The Morgan fingerprint density at radius 2 is 1.85 bits per heavy atom. The number of amides is 4. The molecular weight excluding hydrogens is 796 g/mol. The molecule has 4 amide bonds. The van der Waals surface area contributed by atoms with Gasteiger partial charge in [-0.1, -0.05) is 45.8 Å². The normalized spacial score (nSPS) is 28.8. The van der Waals surface area contributed by atoms with Crippen molar-refractivity contribution in [2.24, 2.45) is 11.3 Å². The van der Waals surface area contributed by atoms with Gasteiger partial charge in [0.1, 0.15) is 34.7 Å². The van der Waals surface area contributed by atoms with Gasteiger partial charge in [0, 0.05) is 29.8 Å². The lowest BCUT2D eigenvalue weighted by molar-refractivity contribution is -0.274. The Bertz CT molecular complexity index is 2210. The van der Waals surface area contributed by atoms with Crippen molar-refractivity contribution >= 4 is 44.7 Å². The van der Waals surface area contributed by atoms with Crippen LogP contribution in [0.4, 0.5) is 18.0 Å². The van der Waals surface area contributed by atoms with Crippen molar-refractivity contribution in [1.82, 2.24) is 24.8 Å². The molecule has 3 aliphatic heterocycles. The summed E-state index contributed by atoms with van der Waals surface area (Å²) in [5.74, 6) is -2.85. The summed E-state index contributed by atoms with van der Waals surface area (Å²) in [6, 6.07) is 1.42. The van der Waals surface area contributed by atoms with Crippen LogP contribution in [0.1, 0.15) is 103 Å². The lowest BCUT2D eigenvalue weighted by Gasteiger charge is -2.38. The molecule has 3 N–H and O–H groups in total. The van der Waals surface area contributed by atoms with Crippen LogP contribution in [-0.4, -0.2) is 99.5 Å². The van der Waals surface area contributed by atoms with E-state index in [9.17, 15) is 41.1 Å². The van der Waals surface area contributed by atoms with E-state index in [1.165, 1.54) is 23.1 Å². The quantitative estimate of drug-likeness (QED) is 0.296. The minimum absolute atomic E-state index is 0.0253. The second-order valence-electron chi connectivity index (χ2n) is 18.4. The van der Waals surface area contributed by atoms with Gasteiger partial charge in [-0.05, 0) is 88.8 Å². The number of alkyl halides is 3. The predicted octanol–water partition coefficient (Wildman–Crippen LogP) is 5.89. The van der Waals surface area contributed by atoms with Gasteiger partial charge in [0.25, 0.3) is 5.91 Å². The smallest absolute Gasteiger partial charge is 0.483 e. The maximum absolute atomic E-state index is 15.0. The molecule has 2 aromatic rings. The fourth-order valence-electron chi connectivity index (χ4n) is 8.83. The molecule has 0 radical (unpaired) electrons. The van der Waals surface area contributed by atoms with Crippen LogP contribution in [0.15, 0.2) is 30.4 Å². The minimum Gasteiger partial charge on any atom is -0.483 e. The standard InChI is InChI=1S/C41H52F3N5O9S/c1-24-32-27(28-19-26(57-41(42,43)44)13-14-29(28)45-24)15-16-39(58-32)21-31-33(50)46-40(35(52)47-59(55,56)38(5)17-18-38)20-25(40)11-9-7-6-8-10-12-30(34(51)48(31)23-39)49(36(53)54)22-37(2,3)4/h9,11,13-14,19,25,30-31H,6-8,10,12,15-18,20-23H2,1-5H3,(H,46,50)(H,47,52)(H,53,54)/b11-9-/t25-,30+,31+,39-,40-/m1/s1. The van der Waals surface area contributed by atoms with Gasteiger partial charge in [-0.15, -0.1) is 13.2 Å². The Hall–Kier alpha value is -4.61. The molecule has 5 atom stereocenters. The average molecular weight is 848 g/mol. The number of nitrogens with zero attached hydrogens (tertiary/aromatic N) is 3. The highest BCUT2D eigenvalue weighted by atomic mass is 32.2. The van der Waals surface area contributed by atoms with Gasteiger partial charge >= 0.3 is 12.5 Å². The number of aryl methyl sites for hydroxylation is 2. The van der Waals surface area contributed by atoms with Gasteiger partial charge < -0.3 is 24.8 Å². The zero-order valence-corrected chi connectivity index (χ0v) is 34.7. The Labute approximate surface area is 341 Å². The van der Waals surface area contributed by atoms with Gasteiger partial charge in [-0.25, -0.2) is 18.2 Å². The second kappa shape index (κ2) is 14.8. The second-order valence-corrected chi connectivity index (χ2v) is 20.6. The van der Waals surface area contributed by atoms with Crippen molar-refractivity contribution < 1.29 is 55.3 Å². The molecule has 18 heteroatoms. The van der Waals surface area contributed by atoms with E-state index in [1.54, 1.807) is 13.8 Å². The summed E-state index contributed by atoms with van der Waals surface area (Å²) in [5.41, 5.74) is -1.93. The zero-order chi connectivity index (χ0) is 42.9. The van der Waals surface area contributed by atoms with Gasteiger partial charge in [0.15, 0.2) is 0 Å². The van der Waals surface area contributed by atoms with E-state index < -0.39 is 85.3 Å². The molecule has 5 aliphatic rings. The number of sulfonamides is 1. The molecule has 0 bridgehead atoms. The van der Waals surface area contributed by atoms with E-state index in [-0.39, 0.29) is 45.2 Å². The number of allylic oxidation sites excluding steroid dienone is 1. The van der Waals surface area contributed by atoms with Crippen LogP contribution in [0, 0.1) is 18.3 Å². The molecule has 7 rings (SSSR count). The van der Waals surface area contributed by atoms with E-state index in [0.717, 1.165) is 4.90 Å². The lowest BCUT2D eigenvalue weighted by Crippen LogP contribution is -2.59. The van der Waals surface area contributed by atoms with Crippen molar-refractivity contribution in [3.05, 3.63) is 41.6 Å². The third-order valence-corrected chi connectivity index (χ3v) is 14.6. The number of fused-ring (bicyclic) bond motifs is 5. The first-order chi connectivity index (χ1) is 27.5. The number of aromatic nitrogens is 1. The van der Waals surface area contributed by atoms with Crippen molar-refractivity contribution in [2.75, 3.05) is 13.1 Å². The van der Waals surface area contributed by atoms with Crippen LogP contribution in [0.5, 0.6) is 11.5 Å². The molecule has 2 saturated carbocycles. The minimum atomic E-state index is -4.92. The first kappa shape index (κ1) is 42.5. The van der Waals surface area contributed by atoms with Crippen molar-refractivity contribution in [2.45, 2.75) is 140 Å². The number of pyridine rings is 1. The number of carbonyl (C=O) groups is 4. The average Bonchev–Trinajstić information content (AvgIpc) is 4.02. The summed E-state index contributed by atoms with van der Waals surface area (Å²) in [5, 5.41) is 13.8. The number of carbonyl (C=O) groups excluding carboxylic acids is 3. The van der Waals surface area contributed by atoms with Crippen LogP contribution >= 0.6 is 0 Å². The van der Waals surface area contributed by atoms with Crippen molar-refractivity contribution in [3.63, 3.8) is 0 Å². The molecule has 0 unspecified atom stereocenters. The van der Waals surface area contributed by atoms with E-state index in [1.807, 2.05) is 32.9 Å². The maximum atomic E-state index is 15.0. The molecule has 2 aliphatic carbocycles. The molecule has 1 saturated heterocycles. The number of ether oxygens (including phenoxy) is 2. The third kappa shape index (κ3) is 8.55. The maximum Gasteiger partial charge on any atom is 0.573 e. The fraction of sp³-hybridized carbons (Fsp3) is 0.634. The summed E-state index contributed by atoms with van der Waals surface area (Å²) >= 11 is 0. The summed E-state index contributed by atoms with van der Waals surface area (Å²) < 4.78 is 78.0. The molecular formula is C41H52F3N5O9S. The number of hydrogen-bond donors (Lipinski definition) is 3. The highest BCUT2D eigenvalue weighted by molar-refractivity contribution is 7.91. The van der Waals surface area contributed by atoms with Gasteiger partial charge in [0.2, 0.25) is 21.8 Å². The number of hydrogen-bond acceptors (Lipinski definition) is 9. The summed E-state index contributed by atoms with van der Waals surface area (Å²) in [7, 11) is -4.07. The van der Waals surface area contributed by atoms with E-state index in [2.05, 4.69) is 19.8 Å². The zero-order valence-electron chi connectivity index (χ0n) is 33.9. The molecule has 14 nitrogen and oxygen atoms in total. The highest BCUT2D eigenvalue weighted by Gasteiger charge is 2.64.